The lowest BCUT2D eigenvalue weighted by molar-refractivity contribution is 0.474. The molecule has 0 radical (unpaired) electrons. The van der Waals surface area contributed by atoms with Crippen LogP contribution in [0.3, 0.4) is 0 Å². The Morgan fingerprint density at radius 3 is 1.91 bits per heavy atom. The molecule has 0 saturated carbocycles. The Labute approximate surface area is 131 Å². The summed E-state index contributed by atoms with van der Waals surface area (Å²) in [5.41, 5.74) is 1.48. The second-order valence-electron chi connectivity index (χ2n) is 5.14. The molecule has 4 heteroatoms. The highest BCUT2D eigenvalue weighted by atomic mass is 31.1. The van der Waals surface area contributed by atoms with Crippen molar-refractivity contribution in [3.8, 4) is 0 Å². The van der Waals surface area contributed by atoms with Gasteiger partial charge in [0.1, 0.15) is 11.6 Å². The molecule has 0 fully saturated rings. The van der Waals surface area contributed by atoms with Gasteiger partial charge in [-0.05, 0) is 37.5 Å². The molecule has 2 rings (SSSR count). The van der Waals surface area contributed by atoms with Crippen molar-refractivity contribution < 1.29 is 13.3 Å². The minimum atomic E-state index is -1.33. The van der Waals surface area contributed by atoms with Gasteiger partial charge in [0.25, 0.3) is 0 Å². The molecule has 0 amide bonds. The van der Waals surface area contributed by atoms with E-state index in [0.29, 0.717) is 22.0 Å². The van der Waals surface area contributed by atoms with Crippen LogP contribution in [-0.4, -0.2) is 7.11 Å². The maximum Gasteiger partial charge on any atom is 0.137 e. The standard InChI is InChI=1S/C18H19F2OP/c1-11-12(2)17(19)16(18(20)13(11)3)14(4)22(21-5)15-9-7-6-8-10-15/h6-10H,4H2,1-3,5H3. The third-order valence-electron chi connectivity index (χ3n) is 3.93. The van der Waals surface area contributed by atoms with E-state index in [0.717, 1.165) is 5.30 Å². The molecule has 0 bridgehead atoms. The zero-order valence-electron chi connectivity index (χ0n) is 13.2. The maximum absolute atomic E-state index is 14.6. The monoisotopic (exact) mass is 320 g/mol. The Hall–Kier alpha value is -1.57. The van der Waals surface area contributed by atoms with E-state index in [1.54, 1.807) is 20.8 Å². The van der Waals surface area contributed by atoms with Gasteiger partial charge in [-0.1, -0.05) is 36.9 Å². The summed E-state index contributed by atoms with van der Waals surface area (Å²) in [5, 5.41) is 1.23. The molecule has 1 atom stereocenters. The van der Waals surface area contributed by atoms with Crippen molar-refractivity contribution in [2.45, 2.75) is 20.8 Å². The van der Waals surface area contributed by atoms with E-state index in [2.05, 4.69) is 6.58 Å². The van der Waals surface area contributed by atoms with Gasteiger partial charge < -0.3 is 4.52 Å². The lowest BCUT2D eigenvalue weighted by Gasteiger charge is -2.21. The van der Waals surface area contributed by atoms with Crippen molar-refractivity contribution in [2.24, 2.45) is 0 Å². The minimum absolute atomic E-state index is 0.0579. The van der Waals surface area contributed by atoms with Crippen molar-refractivity contribution in [1.29, 1.82) is 0 Å². The fourth-order valence-corrected chi connectivity index (χ4v) is 3.96. The van der Waals surface area contributed by atoms with Crippen LogP contribution in [0, 0.1) is 32.4 Å². The summed E-state index contributed by atoms with van der Waals surface area (Å²) in [6, 6.07) is 9.38. The molecule has 22 heavy (non-hydrogen) atoms. The minimum Gasteiger partial charge on any atom is -0.353 e. The Morgan fingerprint density at radius 2 is 1.45 bits per heavy atom. The summed E-state index contributed by atoms with van der Waals surface area (Å²) >= 11 is 0. The third-order valence-corrected chi connectivity index (χ3v) is 5.78. The van der Waals surface area contributed by atoms with E-state index in [1.165, 1.54) is 7.11 Å². The highest BCUT2D eigenvalue weighted by molar-refractivity contribution is 7.71. The number of hydrogen-bond donors (Lipinski definition) is 0. The molecule has 0 aliphatic carbocycles. The predicted molar refractivity (Wildman–Crippen MR) is 89.6 cm³/mol. The molecular formula is C18H19F2OP. The summed E-state index contributed by atoms with van der Waals surface area (Å²) in [6.45, 7) is 8.97. The third kappa shape index (κ3) is 2.84. The Balaban J connectivity index is 2.58. The number of benzene rings is 2. The topological polar surface area (TPSA) is 9.23 Å². The smallest absolute Gasteiger partial charge is 0.137 e. The summed E-state index contributed by atoms with van der Waals surface area (Å²) in [7, 11) is 0.203. The van der Waals surface area contributed by atoms with Gasteiger partial charge in [0.2, 0.25) is 0 Å². The van der Waals surface area contributed by atoms with Gasteiger partial charge in [0.05, 0.1) is 13.7 Å². The number of halogens is 2. The summed E-state index contributed by atoms with van der Waals surface area (Å²) in [6.07, 6.45) is 0. The highest BCUT2D eigenvalue weighted by Gasteiger charge is 2.25. The van der Waals surface area contributed by atoms with E-state index < -0.39 is 19.8 Å². The quantitative estimate of drug-likeness (QED) is 0.701. The van der Waals surface area contributed by atoms with Gasteiger partial charge in [0, 0.05) is 17.7 Å². The second kappa shape index (κ2) is 6.68. The first kappa shape index (κ1) is 16.8. The van der Waals surface area contributed by atoms with Gasteiger partial charge in [-0.2, -0.15) is 0 Å². The molecular weight excluding hydrogens is 301 g/mol. The molecule has 2 aromatic rings. The molecule has 116 valence electrons. The van der Waals surface area contributed by atoms with E-state index in [-0.39, 0.29) is 5.56 Å². The van der Waals surface area contributed by atoms with Crippen LogP contribution in [0.15, 0.2) is 36.9 Å². The van der Waals surface area contributed by atoms with Gasteiger partial charge in [-0.15, -0.1) is 0 Å². The largest absolute Gasteiger partial charge is 0.353 e. The Kier molecular flexibility index (Phi) is 5.10. The van der Waals surface area contributed by atoms with Crippen LogP contribution in [0.4, 0.5) is 8.78 Å². The fourth-order valence-electron chi connectivity index (χ4n) is 2.37. The van der Waals surface area contributed by atoms with Gasteiger partial charge >= 0.3 is 0 Å². The molecule has 0 saturated heterocycles. The van der Waals surface area contributed by atoms with Crippen molar-refractivity contribution in [3.63, 3.8) is 0 Å². The first-order valence-electron chi connectivity index (χ1n) is 6.93. The average Bonchev–Trinajstić information content (AvgIpc) is 2.53. The Morgan fingerprint density at radius 1 is 0.955 bits per heavy atom. The Bertz CT molecular complexity index is 682. The van der Waals surface area contributed by atoms with E-state index in [1.807, 2.05) is 30.3 Å². The SMILES string of the molecule is C=C(c1c(F)c(C)c(C)c(C)c1F)P(OC)c1ccccc1. The van der Waals surface area contributed by atoms with Crippen LogP contribution in [0.2, 0.25) is 0 Å². The van der Waals surface area contributed by atoms with Crippen molar-refractivity contribution in [3.05, 3.63) is 70.8 Å². The van der Waals surface area contributed by atoms with Crippen LogP contribution in [0.25, 0.3) is 5.31 Å². The number of hydrogen-bond acceptors (Lipinski definition) is 1. The van der Waals surface area contributed by atoms with E-state index in [9.17, 15) is 8.78 Å². The van der Waals surface area contributed by atoms with E-state index in [4.69, 9.17) is 4.52 Å². The summed E-state index contributed by atoms with van der Waals surface area (Å²) in [5.74, 6) is -1.10. The second-order valence-corrected chi connectivity index (χ2v) is 7.15. The van der Waals surface area contributed by atoms with Gasteiger partial charge in [-0.3, -0.25) is 0 Å². The average molecular weight is 320 g/mol. The van der Waals surface area contributed by atoms with Crippen LogP contribution in [-0.2, 0) is 4.52 Å². The maximum atomic E-state index is 14.6. The van der Waals surface area contributed by atoms with Crippen molar-refractivity contribution >= 4 is 18.8 Å². The summed E-state index contributed by atoms with van der Waals surface area (Å²) < 4.78 is 34.7. The van der Waals surface area contributed by atoms with E-state index >= 15 is 0 Å². The molecule has 0 N–H and O–H groups in total. The normalized spacial score (nSPS) is 12.3. The predicted octanol–water partition coefficient (Wildman–Crippen LogP) is 5.23. The van der Waals surface area contributed by atoms with Crippen LogP contribution in [0.5, 0.6) is 0 Å². The molecule has 1 unspecified atom stereocenters. The number of rotatable bonds is 4. The first-order valence-corrected chi connectivity index (χ1v) is 8.19. The van der Waals surface area contributed by atoms with Crippen LogP contribution in [0.1, 0.15) is 22.3 Å². The molecule has 0 spiro atoms. The fraction of sp³-hybridized carbons (Fsp3) is 0.222. The van der Waals surface area contributed by atoms with Crippen LogP contribution >= 0.6 is 8.15 Å². The summed E-state index contributed by atoms with van der Waals surface area (Å²) in [4.78, 5) is 0. The van der Waals surface area contributed by atoms with Gasteiger partial charge in [0.15, 0.2) is 0 Å². The zero-order chi connectivity index (χ0) is 16.4. The molecule has 0 aromatic heterocycles. The zero-order valence-corrected chi connectivity index (χ0v) is 14.1. The molecule has 2 aromatic carbocycles. The molecule has 0 heterocycles. The van der Waals surface area contributed by atoms with Crippen molar-refractivity contribution in [1.82, 2.24) is 0 Å². The molecule has 1 nitrogen and oxygen atoms in total. The molecule has 0 aliphatic rings. The first-order chi connectivity index (χ1) is 10.4. The van der Waals surface area contributed by atoms with Crippen molar-refractivity contribution in [2.75, 3.05) is 7.11 Å². The lowest BCUT2D eigenvalue weighted by atomic mass is 9.98. The lowest BCUT2D eigenvalue weighted by Crippen LogP contribution is -2.08. The van der Waals surface area contributed by atoms with Gasteiger partial charge in [-0.25, -0.2) is 8.78 Å². The van der Waals surface area contributed by atoms with Crippen LogP contribution < -0.4 is 5.30 Å². The highest BCUT2D eigenvalue weighted by Crippen LogP contribution is 2.50. The molecule has 0 aliphatic heterocycles.